The van der Waals surface area contributed by atoms with E-state index in [4.69, 9.17) is 9.47 Å². The molecule has 25 heavy (non-hydrogen) atoms. The Morgan fingerprint density at radius 3 is 2.76 bits per heavy atom. The number of hydrogen-bond donors (Lipinski definition) is 2. The monoisotopic (exact) mass is 338 g/mol. The minimum absolute atomic E-state index is 0.0605. The summed E-state index contributed by atoms with van der Waals surface area (Å²) in [5, 5.41) is 6.00. The predicted octanol–water partition coefficient (Wildman–Crippen LogP) is 4.05. The molecular formula is C20H22N2O3. The second-order valence-corrected chi connectivity index (χ2v) is 6.45. The lowest BCUT2D eigenvalue weighted by atomic mass is 9.88. The van der Waals surface area contributed by atoms with Gasteiger partial charge in [-0.15, -0.1) is 0 Å². The lowest BCUT2D eigenvalue weighted by Crippen LogP contribution is -2.34. The number of benzene rings is 2. The largest absolute Gasteiger partial charge is 0.490 e. The summed E-state index contributed by atoms with van der Waals surface area (Å²) in [6.45, 7) is 1.28. The molecule has 1 aliphatic carbocycles. The van der Waals surface area contributed by atoms with E-state index in [1.165, 1.54) is 11.1 Å². The van der Waals surface area contributed by atoms with Gasteiger partial charge in [-0.1, -0.05) is 24.3 Å². The van der Waals surface area contributed by atoms with Crippen LogP contribution in [0.15, 0.2) is 42.5 Å². The Hall–Kier alpha value is -2.69. The van der Waals surface area contributed by atoms with Crippen molar-refractivity contribution in [3.8, 4) is 11.5 Å². The third-order valence-corrected chi connectivity index (χ3v) is 4.68. The van der Waals surface area contributed by atoms with E-state index < -0.39 is 0 Å². The summed E-state index contributed by atoms with van der Waals surface area (Å²) < 4.78 is 11.3. The fraction of sp³-hybridized carbons (Fsp3) is 0.350. The summed E-state index contributed by atoms with van der Waals surface area (Å²) in [4.78, 5) is 12.4. The van der Waals surface area contributed by atoms with Gasteiger partial charge < -0.3 is 20.1 Å². The van der Waals surface area contributed by atoms with E-state index in [-0.39, 0.29) is 12.1 Å². The molecule has 0 saturated heterocycles. The minimum atomic E-state index is -0.198. The number of carbonyl (C=O) groups excluding carboxylic acids is 1. The topological polar surface area (TPSA) is 59.6 Å². The van der Waals surface area contributed by atoms with E-state index in [1.54, 1.807) is 0 Å². The van der Waals surface area contributed by atoms with E-state index in [9.17, 15) is 4.79 Å². The van der Waals surface area contributed by atoms with Gasteiger partial charge in [0.25, 0.3) is 0 Å². The van der Waals surface area contributed by atoms with Crippen LogP contribution in [0.4, 0.5) is 10.5 Å². The van der Waals surface area contributed by atoms with Gasteiger partial charge in [-0.25, -0.2) is 4.79 Å². The molecule has 1 unspecified atom stereocenters. The van der Waals surface area contributed by atoms with Crippen molar-refractivity contribution in [2.45, 2.75) is 31.7 Å². The van der Waals surface area contributed by atoms with Crippen molar-refractivity contribution in [3.63, 3.8) is 0 Å². The van der Waals surface area contributed by atoms with Crippen molar-refractivity contribution in [1.29, 1.82) is 0 Å². The van der Waals surface area contributed by atoms with Crippen LogP contribution >= 0.6 is 0 Å². The zero-order chi connectivity index (χ0) is 17.1. The van der Waals surface area contributed by atoms with Gasteiger partial charge in [-0.3, -0.25) is 0 Å². The first-order valence-corrected chi connectivity index (χ1v) is 8.84. The summed E-state index contributed by atoms with van der Waals surface area (Å²) in [6, 6.07) is 13.7. The molecule has 0 saturated carbocycles. The van der Waals surface area contributed by atoms with E-state index in [0.717, 1.165) is 31.4 Å². The van der Waals surface area contributed by atoms with Crippen LogP contribution in [0.3, 0.4) is 0 Å². The molecule has 1 aliphatic heterocycles. The Labute approximate surface area is 147 Å². The number of rotatable bonds is 2. The van der Waals surface area contributed by atoms with Gasteiger partial charge in [-0.05, 0) is 42.5 Å². The molecule has 130 valence electrons. The zero-order valence-corrected chi connectivity index (χ0v) is 14.1. The molecule has 4 rings (SSSR count). The van der Waals surface area contributed by atoms with E-state index >= 15 is 0 Å². The second-order valence-electron chi connectivity index (χ2n) is 6.45. The number of nitrogens with one attached hydrogen (secondary N) is 2. The molecule has 5 nitrogen and oxygen atoms in total. The standard InChI is InChI=1S/C20H22N2O3/c23-20(22-17-8-3-6-14-5-1-2-7-16(14)17)21-15-9-10-18-19(13-15)25-12-4-11-24-18/h1-2,5,7,9-10,13,17H,3-4,6,8,11-12H2,(H2,21,22,23). The molecule has 0 radical (unpaired) electrons. The number of aryl methyl sites for hydroxylation is 1. The molecule has 0 aromatic heterocycles. The highest BCUT2D eigenvalue weighted by molar-refractivity contribution is 5.90. The molecule has 1 heterocycles. The first-order chi connectivity index (χ1) is 12.3. The SMILES string of the molecule is O=C(Nc1ccc2c(c1)OCCCO2)NC1CCCc2ccccc21. The molecule has 5 heteroatoms. The van der Waals surface area contributed by atoms with Crippen LogP contribution in [0.25, 0.3) is 0 Å². The molecule has 0 bridgehead atoms. The number of hydrogen-bond acceptors (Lipinski definition) is 3. The number of ether oxygens (including phenoxy) is 2. The first kappa shape index (κ1) is 15.8. The normalized spacial score (nSPS) is 18.6. The molecule has 2 N–H and O–H groups in total. The Bertz CT molecular complexity index is 775. The summed E-state index contributed by atoms with van der Waals surface area (Å²) in [6.07, 6.45) is 3.99. The second kappa shape index (κ2) is 7.05. The summed E-state index contributed by atoms with van der Waals surface area (Å²) in [5.41, 5.74) is 3.25. The first-order valence-electron chi connectivity index (χ1n) is 8.84. The molecule has 2 aliphatic rings. The molecule has 2 aromatic rings. The van der Waals surface area contributed by atoms with Crippen LogP contribution in [0.5, 0.6) is 11.5 Å². The number of fused-ring (bicyclic) bond motifs is 2. The van der Waals surface area contributed by atoms with Gasteiger partial charge in [-0.2, -0.15) is 0 Å². The Morgan fingerprint density at radius 1 is 1.00 bits per heavy atom. The number of amides is 2. The third kappa shape index (κ3) is 3.55. The summed E-state index contributed by atoms with van der Waals surface area (Å²) in [7, 11) is 0. The fourth-order valence-corrected chi connectivity index (χ4v) is 3.47. The maximum atomic E-state index is 12.4. The third-order valence-electron chi connectivity index (χ3n) is 4.68. The highest BCUT2D eigenvalue weighted by atomic mass is 16.5. The van der Waals surface area contributed by atoms with Gasteiger partial charge in [0.05, 0.1) is 19.3 Å². The average molecular weight is 338 g/mol. The van der Waals surface area contributed by atoms with Gasteiger partial charge in [0, 0.05) is 18.2 Å². The predicted molar refractivity (Wildman–Crippen MR) is 96.3 cm³/mol. The molecule has 0 fully saturated rings. The van der Waals surface area contributed by atoms with Crippen LogP contribution in [-0.2, 0) is 6.42 Å². The molecule has 2 aromatic carbocycles. The molecule has 0 spiro atoms. The lowest BCUT2D eigenvalue weighted by molar-refractivity contribution is 0.247. The zero-order valence-electron chi connectivity index (χ0n) is 14.1. The quantitative estimate of drug-likeness (QED) is 0.868. The van der Waals surface area contributed by atoms with Gasteiger partial charge >= 0.3 is 6.03 Å². The van der Waals surface area contributed by atoms with Crippen molar-refractivity contribution in [2.75, 3.05) is 18.5 Å². The van der Waals surface area contributed by atoms with Gasteiger partial charge in [0.15, 0.2) is 11.5 Å². The molecule has 1 atom stereocenters. The Balaban J connectivity index is 1.44. The van der Waals surface area contributed by atoms with E-state index in [1.807, 2.05) is 24.3 Å². The average Bonchev–Trinajstić information content (AvgIpc) is 2.87. The van der Waals surface area contributed by atoms with Crippen molar-refractivity contribution in [1.82, 2.24) is 5.32 Å². The van der Waals surface area contributed by atoms with E-state index in [0.29, 0.717) is 24.7 Å². The van der Waals surface area contributed by atoms with Crippen LogP contribution in [0.1, 0.15) is 36.4 Å². The van der Waals surface area contributed by atoms with Crippen LogP contribution in [-0.4, -0.2) is 19.2 Å². The summed E-state index contributed by atoms with van der Waals surface area (Å²) in [5.74, 6) is 1.41. The van der Waals surface area contributed by atoms with Crippen LogP contribution < -0.4 is 20.1 Å². The molecular weight excluding hydrogens is 316 g/mol. The highest BCUT2D eigenvalue weighted by Gasteiger charge is 2.21. The van der Waals surface area contributed by atoms with Crippen molar-refractivity contribution < 1.29 is 14.3 Å². The van der Waals surface area contributed by atoms with Crippen LogP contribution in [0, 0.1) is 0 Å². The fourth-order valence-electron chi connectivity index (χ4n) is 3.47. The van der Waals surface area contributed by atoms with Crippen molar-refractivity contribution >= 4 is 11.7 Å². The Morgan fingerprint density at radius 2 is 1.84 bits per heavy atom. The number of carbonyl (C=O) groups is 1. The van der Waals surface area contributed by atoms with Gasteiger partial charge in [0.2, 0.25) is 0 Å². The lowest BCUT2D eigenvalue weighted by Gasteiger charge is -2.26. The maximum Gasteiger partial charge on any atom is 0.319 e. The smallest absolute Gasteiger partial charge is 0.319 e. The Kier molecular flexibility index (Phi) is 4.46. The van der Waals surface area contributed by atoms with E-state index in [2.05, 4.69) is 28.8 Å². The molecule has 2 amide bonds. The van der Waals surface area contributed by atoms with Crippen molar-refractivity contribution in [2.24, 2.45) is 0 Å². The number of anilines is 1. The summed E-state index contributed by atoms with van der Waals surface area (Å²) >= 11 is 0. The highest BCUT2D eigenvalue weighted by Crippen LogP contribution is 2.33. The minimum Gasteiger partial charge on any atom is -0.490 e. The number of urea groups is 1. The van der Waals surface area contributed by atoms with Crippen molar-refractivity contribution in [3.05, 3.63) is 53.6 Å². The van der Waals surface area contributed by atoms with Crippen LogP contribution in [0.2, 0.25) is 0 Å². The van der Waals surface area contributed by atoms with Gasteiger partial charge in [0.1, 0.15) is 0 Å². The maximum absolute atomic E-state index is 12.4.